The maximum atomic E-state index is 12.2. The summed E-state index contributed by atoms with van der Waals surface area (Å²) in [5, 5.41) is 17.2. The Morgan fingerprint density at radius 3 is 2.72 bits per heavy atom. The van der Waals surface area contributed by atoms with Gasteiger partial charge in [-0.15, -0.1) is 0 Å². The topological polar surface area (TPSA) is 117 Å². The predicted molar refractivity (Wildman–Crippen MR) is 63.8 cm³/mol. The first kappa shape index (κ1) is 12.7. The smallest absolute Gasteiger partial charge is 0.234 e. The van der Waals surface area contributed by atoms with Crippen LogP contribution in [0.4, 0.5) is 0 Å². The lowest BCUT2D eigenvalue weighted by Gasteiger charge is -2.44. The molecule has 0 spiro atoms. The van der Waals surface area contributed by atoms with Gasteiger partial charge in [-0.1, -0.05) is 12.1 Å². The van der Waals surface area contributed by atoms with Crippen molar-refractivity contribution in [3.63, 3.8) is 0 Å². The van der Waals surface area contributed by atoms with Crippen molar-refractivity contribution in [1.82, 2.24) is 10.6 Å². The average molecular weight is 254 g/mol. The molecular weight excluding hydrogens is 236 g/mol. The van der Waals surface area contributed by atoms with Gasteiger partial charge in [-0.2, -0.15) is 0 Å². The van der Waals surface area contributed by atoms with E-state index >= 15 is 0 Å². The highest BCUT2D eigenvalue weighted by Gasteiger charge is 2.52. The quantitative estimate of drug-likeness (QED) is 0.227. The normalized spacial score (nSPS) is 35.8. The van der Waals surface area contributed by atoms with Gasteiger partial charge in [0.2, 0.25) is 11.8 Å². The van der Waals surface area contributed by atoms with Gasteiger partial charge in [0.25, 0.3) is 0 Å². The minimum absolute atomic E-state index is 0.0459. The third-order valence-corrected chi connectivity index (χ3v) is 3.74. The summed E-state index contributed by atoms with van der Waals surface area (Å²) in [6, 6.07) is -0.204. The van der Waals surface area contributed by atoms with Crippen molar-refractivity contribution in [3.05, 3.63) is 0 Å². The van der Waals surface area contributed by atoms with Gasteiger partial charge in [0.05, 0.1) is 6.04 Å². The molecule has 1 aliphatic carbocycles. The molecule has 7 nitrogen and oxygen atoms in total. The lowest BCUT2D eigenvalue weighted by Crippen LogP contribution is -2.58. The number of nitrogens with one attached hydrogen (secondary N) is 2. The molecule has 100 valence electrons. The lowest BCUT2D eigenvalue weighted by molar-refractivity contribution is -0.133. The minimum Gasteiger partial charge on any atom is -0.409 e. The molecule has 2 amide bonds. The Bertz CT molecular complexity index is 401. The van der Waals surface area contributed by atoms with E-state index in [0.717, 1.165) is 0 Å². The van der Waals surface area contributed by atoms with Crippen LogP contribution in [0.25, 0.3) is 0 Å². The molecule has 2 aliphatic rings. The van der Waals surface area contributed by atoms with Crippen LogP contribution in [-0.4, -0.2) is 35.4 Å². The van der Waals surface area contributed by atoms with Crippen molar-refractivity contribution >= 4 is 17.6 Å². The standard InChI is InChI=1S/C11H18N4O3/c1-6-3-11(4-6,9(12)15-18)10(17)14-7-2-8(16)13-5-7/h6-7,18H,2-5H2,1H3,(H2,12,15)(H,13,16)(H,14,17). The Labute approximate surface area is 105 Å². The predicted octanol–water partition coefficient (Wildman–Crippen LogP) is -0.846. The van der Waals surface area contributed by atoms with Crippen LogP contribution < -0.4 is 16.4 Å². The van der Waals surface area contributed by atoms with Gasteiger partial charge < -0.3 is 21.6 Å². The average Bonchev–Trinajstić information content (AvgIpc) is 2.69. The Hall–Kier alpha value is -1.79. The molecular formula is C11H18N4O3. The molecule has 0 radical (unpaired) electrons. The van der Waals surface area contributed by atoms with E-state index in [1.807, 2.05) is 6.92 Å². The van der Waals surface area contributed by atoms with E-state index in [1.54, 1.807) is 0 Å². The highest BCUT2D eigenvalue weighted by Crippen LogP contribution is 2.46. The van der Waals surface area contributed by atoms with E-state index in [4.69, 9.17) is 10.9 Å². The maximum Gasteiger partial charge on any atom is 0.234 e. The van der Waals surface area contributed by atoms with E-state index in [2.05, 4.69) is 15.8 Å². The van der Waals surface area contributed by atoms with E-state index in [1.165, 1.54) is 0 Å². The summed E-state index contributed by atoms with van der Waals surface area (Å²) in [6.07, 6.45) is 1.43. The molecule has 5 N–H and O–H groups in total. The van der Waals surface area contributed by atoms with Crippen molar-refractivity contribution in [3.8, 4) is 0 Å². The van der Waals surface area contributed by atoms with E-state index in [-0.39, 0.29) is 30.1 Å². The number of oxime groups is 1. The number of carbonyl (C=O) groups excluding carboxylic acids is 2. The number of amides is 2. The highest BCUT2D eigenvalue weighted by atomic mass is 16.4. The summed E-state index contributed by atoms with van der Waals surface area (Å²) in [4.78, 5) is 23.3. The van der Waals surface area contributed by atoms with Crippen molar-refractivity contribution in [2.24, 2.45) is 22.2 Å². The van der Waals surface area contributed by atoms with Crippen molar-refractivity contribution < 1.29 is 14.8 Å². The number of hydrogen-bond acceptors (Lipinski definition) is 4. The Balaban J connectivity index is 2.04. The molecule has 0 aromatic carbocycles. The fourth-order valence-corrected chi connectivity index (χ4v) is 2.77. The zero-order valence-corrected chi connectivity index (χ0v) is 10.3. The molecule has 1 atom stereocenters. The Morgan fingerprint density at radius 2 is 2.28 bits per heavy atom. The molecule has 0 aromatic rings. The summed E-state index contributed by atoms with van der Waals surface area (Å²) in [6.45, 7) is 2.45. The summed E-state index contributed by atoms with van der Waals surface area (Å²) >= 11 is 0. The van der Waals surface area contributed by atoms with Gasteiger partial charge >= 0.3 is 0 Å². The van der Waals surface area contributed by atoms with Gasteiger partial charge in [0.15, 0.2) is 5.84 Å². The fraction of sp³-hybridized carbons (Fsp3) is 0.727. The number of rotatable bonds is 3. The van der Waals surface area contributed by atoms with Gasteiger partial charge in [-0.3, -0.25) is 9.59 Å². The van der Waals surface area contributed by atoms with Crippen molar-refractivity contribution in [2.75, 3.05) is 6.54 Å². The third-order valence-electron chi connectivity index (χ3n) is 3.74. The van der Waals surface area contributed by atoms with Gasteiger partial charge in [-0.25, -0.2) is 0 Å². The monoisotopic (exact) mass is 254 g/mol. The summed E-state index contributed by atoms with van der Waals surface area (Å²) in [7, 11) is 0. The first-order chi connectivity index (χ1) is 8.48. The molecule has 1 aliphatic heterocycles. The molecule has 2 fully saturated rings. The first-order valence-electron chi connectivity index (χ1n) is 6.03. The van der Waals surface area contributed by atoms with Crippen LogP contribution in [0.3, 0.4) is 0 Å². The van der Waals surface area contributed by atoms with Crippen LogP contribution >= 0.6 is 0 Å². The molecule has 7 heteroatoms. The van der Waals surface area contributed by atoms with Gasteiger partial charge in [0, 0.05) is 13.0 Å². The van der Waals surface area contributed by atoms with E-state index < -0.39 is 5.41 Å². The molecule has 2 rings (SSSR count). The fourth-order valence-electron chi connectivity index (χ4n) is 2.77. The highest BCUT2D eigenvalue weighted by molar-refractivity contribution is 6.08. The minimum atomic E-state index is -0.903. The third kappa shape index (κ3) is 2.00. The number of nitrogens with two attached hydrogens (primary N) is 1. The Kier molecular flexibility index (Phi) is 3.14. The first-order valence-corrected chi connectivity index (χ1v) is 6.03. The second-order valence-electron chi connectivity index (χ2n) is 5.26. The summed E-state index contributed by atoms with van der Waals surface area (Å²) < 4.78 is 0. The van der Waals surface area contributed by atoms with Crippen LogP contribution in [0.2, 0.25) is 0 Å². The second kappa shape index (κ2) is 4.47. The molecule has 1 saturated carbocycles. The van der Waals surface area contributed by atoms with Crippen molar-refractivity contribution in [1.29, 1.82) is 0 Å². The Morgan fingerprint density at radius 1 is 1.61 bits per heavy atom. The SMILES string of the molecule is CC1CC(C(=O)NC2CNC(=O)C2)(C(N)=NO)C1. The molecule has 0 aromatic heterocycles. The van der Waals surface area contributed by atoms with Crippen LogP contribution in [0, 0.1) is 11.3 Å². The number of carbonyl (C=O) groups is 2. The van der Waals surface area contributed by atoms with E-state index in [0.29, 0.717) is 25.3 Å². The van der Waals surface area contributed by atoms with Crippen LogP contribution in [-0.2, 0) is 9.59 Å². The largest absolute Gasteiger partial charge is 0.409 e. The zero-order chi connectivity index (χ0) is 13.3. The molecule has 0 bridgehead atoms. The lowest BCUT2D eigenvalue weighted by atomic mass is 9.61. The van der Waals surface area contributed by atoms with Crippen LogP contribution in [0.1, 0.15) is 26.2 Å². The molecule has 1 saturated heterocycles. The summed E-state index contributed by atoms with van der Waals surface area (Å²) in [5.41, 5.74) is 4.73. The summed E-state index contributed by atoms with van der Waals surface area (Å²) in [5.74, 6) is 0.00675. The maximum absolute atomic E-state index is 12.2. The molecule has 18 heavy (non-hydrogen) atoms. The van der Waals surface area contributed by atoms with E-state index in [9.17, 15) is 9.59 Å². The van der Waals surface area contributed by atoms with Crippen LogP contribution in [0.15, 0.2) is 5.16 Å². The van der Waals surface area contributed by atoms with Gasteiger partial charge in [0.1, 0.15) is 5.41 Å². The zero-order valence-electron chi connectivity index (χ0n) is 10.3. The van der Waals surface area contributed by atoms with Crippen molar-refractivity contribution in [2.45, 2.75) is 32.2 Å². The number of nitrogens with zero attached hydrogens (tertiary/aromatic N) is 1. The number of hydrogen-bond donors (Lipinski definition) is 4. The molecule has 1 unspecified atom stereocenters. The van der Waals surface area contributed by atoms with Crippen LogP contribution in [0.5, 0.6) is 0 Å². The number of amidine groups is 1. The second-order valence-corrected chi connectivity index (χ2v) is 5.26. The molecule has 1 heterocycles. The van der Waals surface area contributed by atoms with Gasteiger partial charge in [-0.05, 0) is 18.8 Å².